The van der Waals surface area contributed by atoms with Crippen LogP contribution in [0.2, 0.25) is 5.02 Å². The number of aromatic amines is 1. The van der Waals surface area contributed by atoms with Gasteiger partial charge in [0.2, 0.25) is 0 Å². The van der Waals surface area contributed by atoms with Gasteiger partial charge in [-0.05, 0) is 29.7 Å². The number of halogens is 2. The molecule has 0 aliphatic heterocycles. The third kappa shape index (κ3) is 5.16. The number of benzene rings is 2. The largest absolute Gasteiger partial charge is 0.448 e. The second kappa shape index (κ2) is 10.2. The van der Waals surface area contributed by atoms with Crippen LogP contribution in [0, 0.1) is 5.82 Å². The van der Waals surface area contributed by atoms with Gasteiger partial charge in [-0.25, -0.2) is 14.4 Å². The van der Waals surface area contributed by atoms with Crippen LogP contribution in [0.3, 0.4) is 0 Å². The van der Waals surface area contributed by atoms with Crippen molar-refractivity contribution in [1.29, 1.82) is 0 Å². The second-order valence-electron chi connectivity index (χ2n) is 7.97. The normalized spacial score (nSPS) is 11.4. The summed E-state index contributed by atoms with van der Waals surface area (Å²) in [5.74, 6) is 0.394. The minimum absolute atomic E-state index is 0.0287. The van der Waals surface area contributed by atoms with Crippen LogP contribution < -0.4 is 10.6 Å². The number of amides is 1. The summed E-state index contributed by atoms with van der Waals surface area (Å²) in [5, 5.41) is 8.62. The molecule has 2 aromatic carbocycles. The van der Waals surface area contributed by atoms with E-state index >= 15 is 0 Å². The van der Waals surface area contributed by atoms with E-state index in [2.05, 4.69) is 25.6 Å². The zero-order valence-corrected chi connectivity index (χ0v) is 19.4. The van der Waals surface area contributed by atoms with Crippen molar-refractivity contribution in [2.75, 3.05) is 13.1 Å². The summed E-state index contributed by atoms with van der Waals surface area (Å²) >= 11 is 6.40. The first-order chi connectivity index (χ1) is 17.1. The predicted molar refractivity (Wildman–Crippen MR) is 131 cm³/mol. The highest BCUT2D eigenvalue weighted by Crippen LogP contribution is 2.29. The van der Waals surface area contributed by atoms with Gasteiger partial charge in [-0.1, -0.05) is 29.8 Å². The first-order valence-corrected chi connectivity index (χ1v) is 11.5. The molecule has 10 heteroatoms. The molecule has 0 bridgehead atoms. The van der Waals surface area contributed by atoms with E-state index in [1.807, 2.05) is 30.3 Å². The molecular weight excluding hydrogens is 471 g/mol. The molecule has 3 heterocycles. The van der Waals surface area contributed by atoms with Crippen LogP contribution >= 0.6 is 11.6 Å². The van der Waals surface area contributed by atoms with Crippen molar-refractivity contribution >= 4 is 39.3 Å². The highest BCUT2D eigenvalue weighted by atomic mass is 35.5. The number of rotatable bonds is 9. The number of H-pyrrole nitrogens is 1. The van der Waals surface area contributed by atoms with Crippen molar-refractivity contribution in [2.24, 2.45) is 0 Å². The summed E-state index contributed by atoms with van der Waals surface area (Å²) in [7, 11) is 0. The fraction of sp³-hybridized carbons (Fsp3) is 0.200. The van der Waals surface area contributed by atoms with Crippen LogP contribution in [0.15, 0.2) is 59.3 Å². The van der Waals surface area contributed by atoms with Gasteiger partial charge in [0.25, 0.3) is 5.91 Å². The Morgan fingerprint density at radius 2 is 1.97 bits per heavy atom. The van der Waals surface area contributed by atoms with E-state index in [0.717, 1.165) is 27.6 Å². The maximum absolute atomic E-state index is 13.6. The quantitative estimate of drug-likeness (QED) is 0.266. The van der Waals surface area contributed by atoms with Crippen LogP contribution in [-0.2, 0) is 19.4 Å². The van der Waals surface area contributed by atoms with Crippen molar-refractivity contribution in [2.45, 2.75) is 19.4 Å². The molecule has 5 aromatic rings. The minimum Gasteiger partial charge on any atom is -0.448 e. The number of hydrogen-bond donors (Lipinski definition) is 3. The zero-order valence-electron chi connectivity index (χ0n) is 18.6. The zero-order chi connectivity index (χ0) is 24.2. The monoisotopic (exact) mass is 492 g/mol. The van der Waals surface area contributed by atoms with E-state index in [9.17, 15) is 9.18 Å². The molecule has 0 spiro atoms. The molecule has 0 aliphatic rings. The SMILES string of the molecule is O=C(NCc1ncccc1F)c1coc(CCNCCc2nc3c(ccc4cccc(Cl)c43)[nH]2)n1. The van der Waals surface area contributed by atoms with E-state index < -0.39 is 11.7 Å². The molecule has 0 unspecified atom stereocenters. The lowest BCUT2D eigenvalue weighted by molar-refractivity contribution is 0.0945. The molecule has 0 atom stereocenters. The van der Waals surface area contributed by atoms with Crippen LogP contribution in [0.5, 0.6) is 0 Å². The third-order valence-electron chi connectivity index (χ3n) is 5.58. The Labute approximate surface area is 204 Å². The molecule has 0 saturated heterocycles. The topological polar surface area (TPSA) is 109 Å². The number of hydrogen-bond acceptors (Lipinski definition) is 6. The molecule has 3 aromatic heterocycles. The van der Waals surface area contributed by atoms with Crippen LogP contribution in [-0.4, -0.2) is 38.9 Å². The van der Waals surface area contributed by atoms with Gasteiger partial charge in [-0.3, -0.25) is 9.78 Å². The third-order valence-corrected chi connectivity index (χ3v) is 5.90. The van der Waals surface area contributed by atoms with E-state index in [0.29, 0.717) is 36.8 Å². The van der Waals surface area contributed by atoms with Gasteiger partial charge in [0.15, 0.2) is 11.6 Å². The highest BCUT2D eigenvalue weighted by molar-refractivity contribution is 6.37. The fourth-order valence-electron chi connectivity index (χ4n) is 3.83. The Hall–Kier alpha value is -3.82. The van der Waals surface area contributed by atoms with Gasteiger partial charge in [-0.2, -0.15) is 0 Å². The Balaban J connectivity index is 1.09. The summed E-state index contributed by atoms with van der Waals surface area (Å²) < 4.78 is 19.0. The average Bonchev–Trinajstić information content (AvgIpc) is 3.50. The van der Waals surface area contributed by atoms with Crippen LogP contribution in [0.4, 0.5) is 4.39 Å². The number of pyridine rings is 1. The smallest absolute Gasteiger partial charge is 0.273 e. The summed E-state index contributed by atoms with van der Waals surface area (Å²) in [5.41, 5.74) is 2.13. The first kappa shape index (κ1) is 22.9. The van der Waals surface area contributed by atoms with E-state index in [-0.39, 0.29) is 17.9 Å². The minimum atomic E-state index is -0.473. The summed E-state index contributed by atoms with van der Waals surface area (Å²) in [6.07, 6.45) is 3.99. The van der Waals surface area contributed by atoms with Crippen molar-refractivity contribution in [3.05, 3.63) is 88.9 Å². The van der Waals surface area contributed by atoms with Crippen molar-refractivity contribution in [3.8, 4) is 0 Å². The lowest BCUT2D eigenvalue weighted by atomic mass is 10.1. The number of oxazole rings is 1. The van der Waals surface area contributed by atoms with Gasteiger partial charge in [0, 0.05) is 37.5 Å². The van der Waals surface area contributed by atoms with Gasteiger partial charge in [0.1, 0.15) is 17.9 Å². The number of nitrogens with zero attached hydrogens (tertiary/aromatic N) is 3. The first-order valence-electron chi connectivity index (χ1n) is 11.2. The van der Waals surface area contributed by atoms with E-state index in [4.69, 9.17) is 21.0 Å². The van der Waals surface area contributed by atoms with Gasteiger partial charge in [-0.15, -0.1) is 0 Å². The van der Waals surface area contributed by atoms with Crippen molar-refractivity contribution in [1.82, 2.24) is 30.6 Å². The molecule has 0 fully saturated rings. The molecule has 3 N–H and O–H groups in total. The van der Waals surface area contributed by atoms with Gasteiger partial charge >= 0.3 is 0 Å². The molecule has 8 nitrogen and oxygen atoms in total. The number of aromatic nitrogens is 4. The summed E-state index contributed by atoms with van der Waals surface area (Å²) in [6, 6.07) is 12.7. The molecule has 0 radical (unpaired) electrons. The summed E-state index contributed by atoms with van der Waals surface area (Å²) in [4.78, 5) is 28.4. The van der Waals surface area contributed by atoms with E-state index in [1.54, 1.807) is 0 Å². The van der Waals surface area contributed by atoms with Gasteiger partial charge < -0.3 is 20.0 Å². The maximum Gasteiger partial charge on any atom is 0.273 e. The lowest BCUT2D eigenvalue weighted by Crippen LogP contribution is -2.24. The van der Waals surface area contributed by atoms with Crippen LogP contribution in [0.1, 0.15) is 27.9 Å². The molecule has 178 valence electrons. The number of nitrogens with one attached hydrogen (secondary N) is 3. The molecule has 1 amide bonds. The average molecular weight is 493 g/mol. The van der Waals surface area contributed by atoms with Gasteiger partial charge in [0.05, 0.1) is 28.3 Å². The Morgan fingerprint density at radius 3 is 2.86 bits per heavy atom. The lowest BCUT2D eigenvalue weighted by Gasteiger charge is -2.03. The Morgan fingerprint density at radius 1 is 1.09 bits per heavy atom. The Kier molecular flexibility index (Phi) is 6.69. The molecule has 0 aliphatic carbocycles. The second-order valence-corrected chi connectivity index (χ2v) is 8.38. The standard InChI is InChI=1S/C25H22ClFN6O2/c26-16-4-1-3-15-6-7-18-24(23(15)16)33-21(31-18)8-11-28-12-9-22-32-20(14-35-22)25(34)30-13-19-17(27)5-2-10-29-19/h1-7,10,14,28H,8-9,11-13H2,(H,30,34)(H,31,33). The molecule has 5 rings (SSSR count). The molecule has 0 saturated carbocycles. The van der Waals surface area contributed by atoms with Crippen LogP contribution in [0.25, 0.3) is 21.8 Å². The summed E-state index contributed by atoms with van der Waals surface area (Å²) in [6.45, 7) is 1.30. The highest BCUT2D eigenvalue weighted by Gasteiger charge is 2.13. The maximum atomic E-state index is 13.6. The molecular formula is C25H22ClFN6O2. The number of fused-ring (bicyclic) bond motifs is 3. The van der Waals surface area contributed by atoms with E-state index in [1.165, 1.54) is 24.6 Å². The Bertz CT molecular complexity index is 1500. The van der Waals surface area contributed by atoms with Crippen molar-refractivity contribution < 1.29 is 13.6 Å². The number of carbonyl (C=O) groups excluding carboxylic acids is 1. The van der Waals surface area contributed by atoms with Crippen molar-refractivity contribution in [3.63, 3.8) is 0 Å². The predicted octanol–water partition coefficient (Wildman–Crippen LogP) is 4.20. The molecule has 35 heavy (non-hydrogen) atoms. The number of carbonyl (C=O) groups is 1. The fourth-order valence-corrected chi connectivity index (χ4v) is 4.10. The number of imidazole rings is 1.